The van der Waals surface area contributed by atoms with Crippen LogP contribution in [0.5, 0.6) is 0 Å². The van der Waals surface area contributed by atoms with E-state index in [1.54, 1.807) is 0 Å². The van der Waals surface area contributed by atoms with Gasteiger partial charge in [-0.15, -0.1) is 0 Å². The summed E-state index contributed by atoms with van der Waals surface area (Å²) in [5.74, 6) is -0.233. The molecule has 1 atom stereocenters. The highest BCUT2D eigenvalue weighted by molar-refractivity contribution is 5.75. The monoisotopic (exact) mass is 209 g/mol. The number of halogens is 2. The topological polar surface area (TPSA) is 38.3 Å². The minimum Gasteiger partial charge on any atom is -0.468 e. The van der Waals surface area contributed by atoms with Gasteiger partial charge in [0, 0.05) is 0 Å². The molecule has 0 saturated carbocycles. The predicted octanol–water partition coefficient (Wildman–Crippen LogP) is 1.43. The highest BCUT2D eigenvalue weighted by Gasteiger charge is 2.20. The third-order valence-corrected chi connectivity index (χ3v) is 1.71. The molecule has 0 aromatic heterocycles. The number of ether oxygens (including phenoxy) is 1. The lowest BCUT2D eigenvalue weighted by atomic mass is 10.0. The Balaban J connectivity index is 4.04. The average Bonchev–Trinajstić information content (AvgIpc) is 2.10. The first kappa shape index (κ1) is 13.3. The van der Waals surface area contributed by atoms with Crippen molar-refractivity contribution in [2.45, 2.75) is 32.7 Å². The second kappa shape index (κ2) is 6.70. The summed E-state index contributed by atoms with van der Waals surface area (Å²) in [6.45, 7) is 3.35. The number of esters is 1. The zero-order valence-electron chi connectivity index (χ0n) is 8.72. The van der Waals surface area contributed by atoms with Gasteiger partial charge in [-0.3, -0.25) is 10.1 Å². The number of methoxy groups -OCH3 is 1. The fourth-order valence-corrected chi connectivity index (χ4v) is 1.11. The maximum Gasteiger partial charge on any atom is 0.322 e. The molecular weight excluding hydrogens is 192 g/mol. The van der Waals surface area contributed by atoms with E-state index in [2.05, 4.69) is 10.1 Å². The number of carbonyl (C=O) groups excluding carboxylic acids is 1. The fraction of sp³-hybridized carbons (Fsp3) is 0.889. The Morgan fingerprint density at radius 2 is 2.00 bits per heavy atom. The summed E-state index contributed by atoms with van der Waals surface area (Å²) in [6, 6.07) is -0.631. The molecule has 0 aromatic carbocycles. The van der Waals surface area contributed by atoms with E-state index in [0.717, 1.165) is 0 Å². The SMILES string of the molecule is COC(=O)C(CC(C)C)NCC(F)F. The Morgan fingerprint density at radius 3 is 2.36 bits per heavy atom. The van der Waals surface area contributed by atoms with E-state index in [-0.39, 0.29) is 5.92 Å². The maximum absolute atomic E-state index is 11.9. The summed E-state index contributed by atoms with van der Waals surface area (Å²) in [7, 11) is 1.25. The van der Waals surface area contributed by atoms with Crippen molar-refractivity contribution in [2.75, 3.05) is 13.7 Å². The molecule has 14 heavy (non-hydrogen) atoms. The van der Waals surface area contributed by atoms with Gasteiger partial charge in [-0.05, 0) is 12.3 Å². The van der Waals surface area contributed by atoms with Gasteiger partial charge in [-0.1, -0.05) is 13.8 Å². The van der Waals surface area contributed by atoms with Crippen LogP contribution in [0.25, 0.3) is 0 Å². The van der Waals surface area contributed by atoms with Crippen LogP contribution in [0.2, 0.25) is 0 Å². The molecular formula is C9H17F2NO2. The van der Waals surface area contributed by atoms with E-state index < -0.39 is 25.0 Å². The predicted molar refractivity (Wildman–Crippen MR) is 49.3 cm³/mol. The molecule has 0 aromatic rings. The second-order valence-electron chi connectivity index (χ2n) is 3.50. The Hall–Kier alpha value is -0.710. The minimum atomic E-state index is -2.45. The van der Waals surface area contributed by atoms with Gasteiger partial charge < -0.3 is 4.74 Å². The van der Waals surface area contributed by atoms with Crippen LogP contribution in [0.4, 0.5) is 8.78 Å². The summed E-state index contributed by atoms with van der Waals surface area (Å²) < 4.78 is 28.3. The Bertz CT molecular complexity index is 174. The van der Waals surface area contributed by atoms with E-state index in [9.17, 15) is 13.6 Å². The van der Waals surface area contributed by atoms with Crippen LogP contribution >= 0.6 is 0 Å². The third-order valence-electron chi connectivity index (χ3n) is 1.71. The molecule has 0 fully saturated rings. The molecule has 0 bridgehead atoms. The maximum atomic E-state index is 11.9. The number of nitrogens with one attached hydrogen (secondary N) is 1. The molecule has 0 spiro atoms. The number of alkyl halides is 2. The zero-order chi connectivity index (χ0) is 11.1. The van der Waals surface area contributed by atoms with Crippen molar-refractivity contribution in [1.29, 1.82) is 0 Å². The van der Waals surface area contributed by atoms with E-state index in [1.807, 2.05) is 13.8 Å². The first-order chi connectivity index (χ1) is 6.47. The number of carbonyl (C=O) groups is 1. The molecule has 1 unspecified atom stereocenters. The zero-order valence-corrected chi connectivity index (χ0v) is 8.72. The molecule has 1 N–H and O–H groups in total. The van der Waals surface area contributed by atoms with Gasteiger partial charge in [-0.2, -0.15) is 0 Å². The fourth-order valence-electron chi connectivity index (χ4n) is 1.11. The van der Waals surface area contributed by atoms with Crippen molar-refractivity contribution in [3.05, 3.63) is 0 Å². The molecule has 0 aliphatic rings. The van der Waals surface area contributed by atoms with Crippen molar-refractivity contribution in [3.8, 4) is 0 Å². The molecule has 5 heteroatoms. The number of hydrogen-bond acceptors (Lipinski definition) is 3. The normalized spacial score (nSPS) is 13.4. The van der Waals surface area contributed by atoms with Gasteiger partial charge in [0.25, 0.3) is 6.43 Å². The molecule has 0 radical (unpaired) electrons. The van der Waals surface area contributed by atoms with Crippen molar-refractivity contribution in [3.63, 3.8) is 0 Å². The van der Waals surface area contributed by atoms with Crippen molar-refractivity contribution < 1.29 is 18.3 Å². The molecule has 0 saturated heterocycles. The van der Waals surface area contributed by atoms with Gasteiger partial charge in [0.05, 0.1) is 13.7 Å². The minimum absolute atomic E-state index is 0.254. The highest BCUT2D eigenvalue weighted by Crippen LogP contribution is 2.06. The van der Waals surface area contributed by atoms with Crippen LogP contribution < -0.4 is 5.32 Å². The second-order valence-corrected chi connectivity index (χ2v) is 3.50. The van der Waals surface area contributed by atoms with Crippen molar-refractivity contribution >= 4 is 5.97 Å². The lowest BCUT2D eigenvalue weighted by Crippen LogP contribution is -2.41. The average molecular weight is 209 g/mol. The summed E-state index contributed by atoms with van der Waals surface area (Å²) in [5.41, 5.74) is 0. The van der Waals surface area contributed by atoms with Crippen LogP contribution in [-0.2, 0) is 9.53 Å². The molecule has 0 amide bonds. The molecule has 0 heterocycles. The van der Waals surface area contributed by atoms with Gasteiger partial charge in [0.1, 0.15) is 6.04 Å². The quantitative estimate of drug-likeness (QED) is 0.672. The standard InChI is InChI=1S/C9H17F2NO2/c1-6(2)4-7(9(13)14-3)12-5-8(10)11/h6-8,12H,4-5H2,1-3H3. The van der Waals surface area contributed by atoms with Gasteiger partial charge >= 0.3 is 5.97 Å². The number of rotatable bonds is 6. The van der Waals surface area contributed by atoms with Gasteiger partial charge in [0.15, 0.2) is 0 Å². The van der Waals surface area contributed by atoms with E-state index in [4.69, 9.17) is 0 Å². The summed E-state index contributed by atoms with van der Waals surface area (Å²) >= 11 is 0. The smallest absolute Gasteiger partial charge is 0.322 e. The number of hydrogen-bond donors (Lipinski definition) is 1. The molecule has 0 aliphatic carbocycles. The Morgan fingerprint density at radius 1 is 1.43 bits per heavy atom. The van der Waals surface area contributed by atoms with Crippen LogP contribution in [0.15, 0.2) is 0 Å². The summed E-state index contributed by atoms with van der Waals surface area (Å²) in [5, 5.41) is 2.48. The molecule has 0 aliphatic heterocycles. The van der Waals surface area contributed by atoms with E-state index >= 15 is 0 Å². The van der Waals surface area contributed by atoms with Crippen LogP contribution in [-0.4, -0.2) is 32.1 Å². The third kappa shape index (κ3) is 5.85. The van der Waals surface area contributed by atoms with E-state index in [0.29, 0.717) is 6.42 Å². The lowest BCUT2D eigenvalue weighted by Gasteiger charge is -2.17. The van der Waals surface area contributed by atoms with E-state index in [1.165, 1.54) is 7.11 Å². The molecule has 3 nitrogen and oxygen atoms in total. The first-order valence-electron chi connectivity index (χ1n) is 4.56. The van der Waals surface area contributed by atoms with Crippen LogP contribution in [0.3, 0.4) is 0 Å². The molecule has 84 valence electrons. The molecule has 0 rings (SSSR count). The van der Waals surface area contributed by atoms with Gasteiger partial charge in [-0.25, -0.2) is 8.78 Å². The Labute approximate surface area is 82.8 Å². The Kier molecular flexibility index (Phi) is 6.36. The largest absolute Gasteiger partial charge is 0.468 e. The van der Waals surface area contributed by atoms with Gasteiger partial charge in [0.2, 0.25) is 0 Å². The van der Waals surface area contributed by atoms with Crippen LogP contribution in [0, 0.1) is 5.92 Å². The van der Waals surface area contributed by atoms with Crippen LogP contribution in [0.1, 0.15) is 20.3 Å². The van der Waals surface area contributed by atoms with Crippen molar-refractivity contribution in [1.82, 2.24) is 5.32 Å². The van der Waals surface area contributed by atoms with Crippen molar-refractivity contribution in [2.24, 2.45) is 5.92 Å². The lowest BCUT2D eigenvalue weighted by molar-refractivity contribution is -0.143. The first-order valence-corrected chi connectivity index (χ1v) is 4.56. The summed E-state index contributed by atoms with van der Waals surface area (Å²) in [4.78, 5) is 11.1. The summed E-state index contributed by atoms with van der Waals surface area (Å²) in [6.07, 6.45) is -1.95. The highest BCUT2D eigenvalue weighted by atomic mass is 19.3.